The van der Waals surface area contributed by atoms with Crippen LogP contribution in [0.2, 0.25) is 0 Å². The van der Waals surface area contributed by atoms with Crippen LogP contribution in [0.1, 0.15) is 49.6 Å². The van der Waals surface area contributed by atoms with Crippen LogP contribution >= 0.6 is 0 Å². The van der Waals surface area contributed by atoms with Crippen LogP contribution in [0.4, 0.5) is 0 Å². The highest BCUT2D eigenvalue weighted by molar-refractivity contribution is 5.19. The van der Waals surface area contributed by atoms with Crippen LogP contribution in [-0.2, 0) is 0 Å². The van der Waals surface area contributed by atoms with Crippen molar-refractivity contribution in [1.82, 2.24) is 9.88 Å². The van der Waals surface area contributed by atoms with Crippen molar-refractivity contribution in [1.29, 1.82) is 0 Å². The van der Waals surface area contributed by atoms with Gasteiger partial charge in [0.1, 0.15) is 5.76 Å². The standard InChI is InChI=1S/C17H23N3O/c1-2-14(18)17(16-6-4-12-21-16)20-11-3-5-15(20)13-7-9-19-10-8-13/h4,6-10,12,14-15,17H,2-3,5,11,18H2,1H3. The maximum absolute atomic E-state index is 6.41. The Morgan fingerprint density at radius 2 is 2.19 bits per heavy atom. The molecule has 2 N–H and O–H groups in total. The second-order valence-electron chi connectivity index (χ2n) is 5.71. The lowest BCUT2D eigenvalue weighted by atomic mass is 9.98. The maximum Gasteiger partial charge on any atom is 0.122 e. The van der Waals surface area contributed by atoms with Crippen molar-refractivity contribution in [3.05, 3.63) is 54.2 Å². The van der Waals surface area contributed by atoms with Crippen molar-refractivity contribution in [3.63, 3.8) is 0 Å². The molecule has 3 unspecified atom stereocenters. The third kappa shape index (κ3) is 2.87. The second kappa shape index (κ2) is 6.41. The molecule has 1 saturated heterocycles. The van der Waals surface area contributed by atoms with E-state index in [-0.39, 0.29) is 12.1 Å². The molecule has 0 aromatic carbocycles. The zero-order valence-corrected chi connectivity index (χ0v) is 12.5. The number of nitrogens with two attached hydrogens (primary N) is 1. The van der Waals surface area contributed by atoms with Gasteiger partial charge in [-0.25, -0.2) is 0 Å². The number of rotatable bonds is 5. The molecule has 3 rings (SSSR count). The summed E-state index contributed by atoms with van der Waals surface area (Å²) in [6, 6.07) is 8.84. The molecule has 0 amide bonds. The molecule has 1 aliphatic heterocycles. The average Bonchev–Trinajstić information content (AvgIpc) is 3.20. The summed E-state index contributed by atoms with van der Waals surface area (Å²) in [5.74, 6) is 0.977. The molecule has 2 aromatic heterocycles. The summed E-state index contributed by atoms with van der Waals surface area (Å²) in [5, 5.41) is 0. The van der Waals surface area contributed by atoms with Gasteiger partial charge < -0.3 is 10.2 Å². The molecule has 4 heteroatoms. The van der Waals surface area contributed by atoms with E-state index in [4.69, 9.17) is 10.2 Å². The van der Waals surface area contributed by atoms with Crippen LogP contribution in [-0.4, -0.2) is 22.5 Å². The summed E-state index contributed by atoms with van der Waals surface area (Å²) in [4.78, 5) is 6.63. The number of hydrogen-bond donors (Lipinski definition) is 1. The SMILES string of the molecule is CCC(N)C(c1ccco1)N1CCCC1c1ccncc1. The highest BCUT2D eigenvalue weighted by atomic mass is 16.3. The maximum atomic E-state index is 6.41. The van der Waals surface area contributed by atoms with Gasteiger partial charge in [0.25, 0.3) is 0 Å². The van der Waals surface area contributed by atoms with Gasteiger partial charge in [-0.1, -0.05) is 6.92 Å². The van der Waals surface area contributed by atoms with Crippen molar-refractivity contribution < 1.29 is 4.42 Å². The minimum atomic E-state index is 0.0820. The normalized spacial score (nSPS) is 22.3. The second-order valence-corrected chi connectivity index (χ2v) is 5.71. The predicted octanol–water partition coefficient (Wildman–Crippen LogP) is 3.29. The fraction of sp³-hybridized carbons (Fsp3) is 0.471. The lowest BCUT2D eigenvalue weighted by Gasteiger charge is -2.35. The largest absolute Gasteiger partial charge is 0.468 e. The van der Waals surface area contributed by atoms with Gasteiger partial charge >= 0.3 is 0 Å². The van der Waals surface area contributed by atoms with E-state index in [1.807, 2.05) is 24.5 Å². The molecular weight excluding hydrogens is 262 g/mol. The van der Waals surface area contributed by atoms with Crippen LogP contribution in [0.15, 0.2) is 47.3 Å². The Hall–Kier alpha value is -1.65. The van der Waals surface area contributed by atoms with E-state index in [2.05, 4.69) is 28.9 Å². The zero-order valence-electron chi connectivity index (χ0n) is 12.5. The van der Waals surface area contributed by atoms with E-state index in [1.165, 1.54) is 12.0 Å². The smallest absolute Gasteiger partial charge is 0.122 e. The Morgan fingerprint density at radius 3 is 2.86 bits per heavy atom. The Kier molecular flexibility index (Phi) is 4.36. The molecule has 1 fully saturated rings. The fourth-order valence-electron chi connectivity index (χ4n) is 3.37. The Labute approximate surface area is 126 Å². The van der Waals surface area contributed by atoms with E-state index < -0.39 is 0 Å². The molecule has 2 aromatic rings. The van der Waals surface area contributed by atoms with Crippen molar-refractivity contribution >= 4 is 0 Å². The summed E-state index contributed by atoms with van der Waals surface area (Å²) in [6.45, 7) is 3.20. The van der Waals surface area contributed by atoms with Crippen LogP contribution in [0, 0.1) is 0 Å². The quantitative estimate of drug-likeness (QED) is 0.916. The van der Waals surface area contributed by atoms with E-state index >= 15 is 0 Å². The molecule has 0 spiro atoms. The summed E-state index contributed by atoms with van der Waals surface area (Å²) in [7, 11) is 0. The molecular formula is C17H23N3O. The molecule has 3 atom stereocenters. The highest BCUT2D eigenvalue weighted by Crippen LogP contribution is 2.40. The van der Waals surface area contributed by atoms with Crippen LogP contribution in [0.25, 0.3) is 0 Å². The highest BCUT2D eigenvalue weighted by Gasteiger charge is 2.36. The molecule has 0 bridgehead atoms. The van der Waals surface area contributed by atoms with Crippen molar-refractivity contribution in [2.45, 2.75) is 44.3 Å². The average molecular weight is 285 g/mol. The third-order valence-corrected chi connectivity index (χ3v) is 4.45. The van der Waals surface area contributed by atoms with Crippen molar-refractivity contribution in [2.75, 3.05) is 6.54 Å². The van der Waals surface area contributed by atoms with Gasteiger partial charge in [-0.3, -0.25) is 9.88 Å². The Bertz CT molecular complexity index is 540. The number of nitrogens with zero attached hydrogens (tertiary/aromatic N) is 2. The first-order chi connectivity index (χ1) is 10.3. The predicted molar refractivity (Wildman–Crippen MR) is 82.6 cm³/mol. The van der Waals surface area contributed by atoms with Gasteiger partial charge in [-0.15, -0.1) is 0 Å². The number of furan rings is 1. The van der Waals surface area contributed by atoms with Crippen LogP contribution in [0.3, 0.4) is 0 Å². The molecule has 112 valence electrons. The summed E-state index contributed by atoms with van der Waals surface area (Å²) in [5.41, 5.74) is 7.74. The number of aromatic nitrogens is 1. The third-order valence-electron chi connectivity index (χ3n) is 4.45. The van der Waals surface area contributed by atoms with Crippen LogP contribution in [0.5, 0.6) is 0 Å². The van der Waals surface area contributed by atoms with Gasteiger partial charge in [0.15, 0.2) is 0 Å². The number of pyridine rings is 1. The molecule has 0 saturated carbocycles. The fourth-order valence-corrected chi connectivity index (χ4v) is 3.37. The first kappa shape index (κ1) is 14.3. The molecule has 0 radical (unpaired) electrons. The Morgan fingerprint density at radius 1 is 1.38 bits per heavy atom. The van der Waals surface area contributed by atoms with E-state index in [1.54, 1.807) is 6.26 Å². The monoisotopic (exact) mass is 285 g/mol. The van der Waals surface area contributed by atoms with E-state index in [0.717, 1.165) is 25.1 Å². The molecule has 1 aliphatic rings. The summed E-state index contributed by atoms with van der Waals surface area (Å²) in [6.07, 6.45) is 8.77. The van der Waals surface area contributed by atoms with Crippen molar-refractivity contribution in [3.8, 4) is 0 Å². The topological polar surface area (TPSA) is 55.3 Å². The van der Waals surface area contributed by atoms with Gasteiger partial charge in [0.2, 0.25) is 0 Å². The number of likely N-dealkylation sites (tertiary alicyclic amines) is 1. The summed E-state index contributed by atoms with van der Waals surface area (Å²) < 4.78 is 5.68. The van der Waals surface area contributed by atoms with Gasteiger partial charge in [0, 0.05) is 24.5 Å². The Balaban J connectivity index is 1.91. The van der Waals surface area contributed by atoms with Crippen LogP contribution < -0.4 is 5.73 Å². The first-order valence-electron chi connectivity index (χ1n) is 7.76. The lowest BCUT2D eigenvalue weighted by Crippen LogP contribution is -2.40. The molecule has 3 heterocycles. The zero-order chi connectivity index (χ0) is 14.7. The van der Waals surface area contributed by atoms with Gasteiger partial charge in [0.05, 0.1) is 12.3 Å². The van der Waals surface area contributed by atoms with E-state index in [9.17, 15) is 0 Å². The lowest BCUT2D eigenvalue weighted by molar-refractivity contribution is 0.134. The van der Waals surface area contributed by atoms with Crippen molar-refractivity contribution in [2.24, 2.45) is 5.73 Å². The number of hydrogen-bond acceptors (Lipinski definition) is 4. The van der Waals surface area contributed by atoms with Gasteiger partial charge in [-0.2, -0.15) is 0 Å². The molecule has 21 heavy (non-hydrogen) atoms. The minimum Gasteiger partial charge on any atom is -0.468 e. The first-order valence-corrected chi connectivity index (χ1v) is 7.76. The molecule has 0 aliphatic carbocycles. The summed E-state index contributed by atoms with van der Waals surface area (Å²) >= 11 is 0. The van der Waals surface area contributed by atoms with E-state index in [0.29, 0.717) is 6.04 Å². The van der Waals surface area contributed by atoms with Gasteiger partial charge in [-0.05, 0) is 55.6 Å². The molecule has 4 nitrogen and oxygen atoms in total. The minimum absolute atomic E-state index is 0.0820.